The lowest BCUT2D eigenvalue weighted by Gasteiger charge is -2.12. The highest BCUT2D eigenvalue weighted by Crippen LogP contribution is 2.31. The fourth-order valence-electron chi connectivity index (χ4n) is 3.58. The quantitative estimate of drug-likeness (QED) is 0.333. The molecule has 0 atom stereocenters. The molecule has 0 aliphatic rings. The van der Waals surface area contributed by atoms with Gasteiger partial charge in [0.25, 0.3) is 9.84 Å². The van der Waals surface area contributed by atoms with Crippen molar-refractivity contribution < 1.29 is 35.1 Å². The topological polar surface area (TPSA) is 140 Å². The van der Waals surface area contributed by atoms with E-state index in [4.69, 9.17) is 0 Å². The van der Waals surface area contributed by atoms with Gasteiger partial charge < -0.3 is 5.11 Å². The zero-order chi connectivity index (χ0) is 27.7. The molecule has 2 heterocycles. The normalized spacial score (nSPS) is 12.4. The number of sulfone groups is 1. The van der Waals surface area contributed by atoms with Crippen LogP contribution in [-0.2, 0) is 32.2 Å². The summed E-state index contributed by atoms with van der Waals surface area (Å²) >= 11 is 0. The highest BCUT2D eigenvalue weighted by Gasteiger charge is 2.46. The van der Waals surface area contributed by atoms with Crippen LogP contribution in [0.3, 0.4) is 0 Å². The van der Waals surface area contributed by atoms with E-state index in [0.717, 1.165) is 27.5 Å². The zero-order valence-corrected chi connectivity index (χ0v) is 20.8. The maximum atomic E-state index is 13.0. The Balaban J connectivity index is 1.61. The molecule has 0 radical (unpaired) electrons. The Morgan fingerprint density at radius 2 is 1.61 bits per heavy atom. The SMILES string of the molecule is O=c1n(Cc2ccncc2NS(=O)(=O)Cc2ccccc2)cc(O)n1-c1ccc(S(=O)(=O)C(F)(F)F)cc1. The van der Waals surface area contributed by atoms with Crippen LogP contribution in [0.1, 0.15) is 11.1 Å². The van der Waals surface area contributed by atoms with Crippen LogP contribution in [0.25, 0.3) is 5.69 Å². The van der Waals surface area contributed by atoms with E-state index in [1.165, 1.54) is 18.5 Å². The van der Waals surface area contributed by atoms with Gasteiger partial charge >= 0.3 is 11.2 Å². The van der Waals surface area contributed by atoms with E-state index >= 15 is 0 Å². The van der Waals surface area contributed by atoms with Crippen molar-refractivity contribution in [1.29, 1.82) is 0 Å². The number of benzene rings is 2. The highest BCUT2D eigenvalue weighted by molar-refractivity contribution is 7.92. The zero-order valence-electron chi connectivity index (χ0n) is 19.2. The van der Waals surface area contributed by atoms with Crippen LogP contribution in [0.4, 0.5) is 18.9 Å². The molecule has 2 aromatic heterocycles. The van der Waals surface area contributed by atoms with E-state index in [2.05, 4.69) is 9.71 Å². The lowest BCUT2D eigenvalue weighted by atomic mass is 10.2. The average molecular weight is 569 g/mol. The Kier molecular flexibility index (Phi) is 7.08. The van der Waals surface area contributed by atoms with E-state index in [9.17, 15) is 39.9 Å². The van der Waals surface area contributed by atoms with Gasteiger partial charge in [-0.2, -0.15) is 13.2 Å². The minimum absolute atomic E-state index is 0.0918. The van der Waals surface area contributed by atoms with Gasteiger partial charge in [-0.3, -0.25) is 14.3 Å². The van der Waals surface area contributed by atoms with Gasteiger partial charge in [0.15, 0.2) is 0 Å². The number of alkyl halides is 3. The van der Waals surface area contributed by atoms with Crippen molar-refractivity contribution >= 4 is 25.5 Å². The number of imidazole rings is 1. The smallest absolute Gasteiger partial charge is 0.493 e. The Morgan fingerprint density at radius 1 is 0.947 bits per heavy atom. The van der Waals surface area contributed by atoms with Crippen molar-refractivity contribution in [2.75, 3.05) is 4.72 Å². The predicted octanol–water partition coefficient (Wildman–Crippen LogP) is 3.02. The van der Waals surface area contributed by atoms with Crippen LogP contribution in [0.5, 0.6) is 5.88 Å². The first kappa shape index (κ1) is 26.9. The van der Waals surface area contributed by atoms with Crippen LogP contribution >= 0.6 is 0 Å². The monoisotopic (exact) mass is 568 g/mol. The standard InChI is InChI=1S/C23H19F3N4O6S2/c24-23(25,26)38(35,36)19-8-6-18(7-9-19)30-21(31)14-29(22(30)32)13-17-10-11-27-12-20(17)28-37(33,34)15-16-4-2-1-3-5-16/h1-12,14,28,31H,13,15H2. The van der Waals surface area contributed by atoms with E-state index < -0.39 is 41.8 Å². The summed E-state index contributed by atoms with van der Waals surface area (Å²) in [5.41, 5.74) is -5.42. The van der Waals surface area contributed by atoms with Crippen LogP contribution in [0.15, 0.2) is 88.9 Å². The molecule has 0 fully saturated rings. The third kappa shape index (κ3) is 5.57. The summed E-state index contributed by atoms with van der Waals surface area (Å²) < 4.78 is 91.1. The molecule has 0 spiro atoms. The number of hydrogen-bond acceptors (Lipinski definition) is 7. The first-order valence-corrected chi connectivity index (χ1v) is 13.8. The number of nitrogens with zero attached hydrogens (tertiary/aromatic N) is 3. The Bertz CT molecular complexity index is 1730. The minimum atomic E-state index is -5.59. The first-order chi connectivity index (χ1) is 17.8. The van der Waals surface area contributed by atoms with Gasteiger partial charge in [-0.25, -0.2) is 26.2 Å². The summed E-state index contributed by atoms with van der Waals surface area (Å²) in [5, 5.41) is 10.3. The summed E-state index contributed by atoms with van der Waals surface area (Å²) in [4.78, 5) is 15.9. The van der Waals surface area contributed by atoms with Gasteiger partial charge in [0.1, 0.15) is 0 Å². The molecule has 15 heteroatoms. The van der Waals surface area contributed by atoms with Crippen molar-refractivity contribution in [2.45, 2.75) is 22.7 Å². The molecule has 0 saturated carbocycles. The molecule has 200 valence electrons. The van der Waals surface area contributed by atoms with Gasteiger partial charge in [0.05, 0.1) is 41.0 Å². The van der Waals surface area contributed by atoms with Crippen molar-refractivity contribution in [3.8, 4) is 11.6 Å². The molecule has 0 saturated heterocycles. The van der Waals surface area contributed by atoms with Crippen molar-refractivity contribution in [3.05, 3.63) is 101 Å². The van der Waals surface area contributed by atoms with Gasteiger partial charge in [0, 0.05) is 6.20 Å². The van der Waals surface area contributed by atoms with Gasteiger partial charge in [-0.15, -0.1) is 0 Å². The maximum Gasteiger partial charge on any atom is 0.501 e. The van der Waals surface area contributed by atoms with Gasteiger partial charge in [-0.05, 0) is 41.5 Å². The third-order valence-corrected chi connectivity index (χ3v) is 8.11. The predicted molar refractivity (Wildman–Crippen MR) is 131 cm³/mol. The molecule has 10 nitrogen and oxygen atoms in total. The molecular formula is C23H19F3N4O6S2. The second-order valence-corrected chi connectivity index (χ2v) is 11.7. The number of hydrogen-bond donors (Lipinski definition) is 2. The third-order valence-electron chi connectivity index (χ3n) is 5.36. The van der Waals surface area contributed by atoms with Gasteiger partial charge in [0.2, 0.25) is 15.9 Å². The molecule has 0 aliphatic carbocycles. The summed E-state index contributed by atoms with van der Waals surface area (Å²) in [5.74, 6) is -0.888. The maximum absolute atomic E-state index is 13.0. The molecule has 0 unspecified atom stereocenters. The van der Waals surface area contributed by atoms with Crippen molar-refractivity contribution in [3.63, 3.8) is 0 Å². The Hall–Kier alpha value is -4.11. The van der Waals surface area contributed by atoms with Crippen LogP contribution in [0, 0.1) is 0 Å². The van der Waals surface area contributed by atoms with Gasteiger partial charge in [-0.1, -0.05) is 30.3 Å². The van der Waals surface area contributed by atoms with Crippen molar-refractivity contribution in [2.24, 2.45) is 0 Å². The Labute approximate surface area is 214 Å². The van der Waals surface area contributed by atoms with Crippen molar-refractivity contribution in [1.82, 2.24) is 14.1 Å². The largest absolute Gasteiger partial charge is 0.501 e. The number of rotatable bonds is 8. The molecule has 2 aromatic carbocycles. The molecule has 0 amide bonds. The Morgan fingerprint density at radius 3 is 2.24 bits per heavy atom. The second kappa shape index (κ2) is 9.98. The average Bonchev–Trinajstić information content (AvgIpc) is 3.12. The fraction of sp³-hybridized carbons (Fsp3) is 0.130. The number of aromatic hydroxyl groups is 1. The summed E-state index contributed by atoms with van der Waals surface area (Å²) in [6.45, 7) is -0.203. The van der Waals surface area contributed by atoms with E-state index in [1.54, 1.807) is 30.3 Å². The van der Waals surface area contributed by atoms with E-state index in [1.807, 2.05) is 0 Å². The molecule has 4 rings (SSSR count). The number of pyridine rings is 1. The number of anilines is 1. The molecule has 0 bridgehead atoms. The molecule has 4 aromatic rings. The summed E-state index contributed by atoms with van der Waals surface area (Å²) in [6.07, 6.45) is 3.69. The molecule has 2 N–H and O–H groups in total. The molecule has 0 aliphatic heterocycles. The number of aromatic nitrogens is 3. The molecule has 38 heavy (non-hydrogen) atoms. The summed E-state index contributed by atoms with van der Waals surface area (Å²) in [6, 6.07) is 13.2. The highest BCUT2D eigenvalue weighted by atomic mass is 32.2. The fourth-order valence-corrected chi connectivity index (χ4v) is 5.56. The van der Waals surface area contributed by atoms with E-state index in [-0.39, 0.29) is 23.7 Å². The first-order valence-electron chi connectivity index (χ1n) is 10.7. The number of sulfonamides is 1. The number of halogens is 3. The van der Waals surface area contributed by atoms with Crippen LogP contribution in [-0.4, -0.2) is 41.6 Å². The summed E-state index contributed by atoms with van der Waals surface area (Å²) in [7, 11) is -9.43. The second-order valence-electron chi connectivity index (χ2n) is 8.06. The minimum Gasteiger partial charge on any atom is -0.493 e. The van der Waals surface area contributed by atoms with Crippen LogP contribution < -0.4 is 10.4 Å². The van der Waals surface area contributed by atoms with E-state index in [0.29, 0.717) is 23.3 Å². The lowest BCUT2D eigenvalue weighted by Crippen LogP contribution is -2.25. The number of nitrogens with one attached hydrogen (secondary N) is 1. The molecular weight excluding hydrogens is 549 g/mol. The van der Waals surface area contributed by atoms with Crippen LogP contribution in [0.2, 0.25) is 0 Å². The lowest BCUT2D eigenvalue weighted by molar-refractivity contribution is -0.0436.